The van der Waals surface area contributed by atoms with Gasteiger partial charge in [-0.15, -0.1) is 0 Å². The molecule has 17 heavy (non-hydrogen) atoms. The van der Waals surface area contributed by atoms with E-state index in [1.807, 2.05) is 0 Å². The van der Waals surface area contributed by atoms with Gasteiger partial charge in [-0.25, -0.2) is 0 Å². The molecule has 2 nitrogen and oxygen atoms in total. The summed E-state index contributed by atoms with van der Waals surface area (Å²) in [5, 5.41) is 3.65. The van der Waals surface area contributed by atoms with Crippen molar-refractivity contribution in [1.29, 1.82) is 0 Å². The van der Waals surface area contributed by atoms with Crippen molar-refractivity contribution in [2.24, 2.45) is 5.92 Å². The molecule has 2 heteroatoms. The third kappa shape index (κ3) is 3.30. The highest BCUT2D eigenvalue weighted by atomic mass is 15.2. The second-order valence-corrected chi connectivity index (χ2v) is 5.57. The first-order chi connectivity index (χ1) is 8.16. The fourth-order valence-electron chi connectivity index (χ4n) is 2.55. The van der Waals surface area contributed by atoms with Gasteiger partial charge < -0.3 is 5.32 Å². The Bertz CT molecular complexity index is 334. The van der Waals surface area contributed by atoms with E-state index in [2.05, 4.69) is 61.3 Å². The van der Waals surface area contributed by atoms with Crippen LogP contribution in [0.25, 0.3) is 0 Å². The van der Waals surface area contributed by atoms with Gasteiger partial charge in [-0.1, -0.05) is 44.2 Å². The third-order valence-corrected chi connectivity index (χ3v) is 3.50. The van der Waals surface area contributed by atoms with Gasteiger partial charge in [-0.3, -0.25) is 4.90 Å². The van der Waals surface area contributed by atoms with E-state index < -0.39 is 0 Å². The zero-order valence-electron chi connectivity index (χ0n) is 11.2. The molecule has 0 bridgehead atoms. The first-order valence-corrected chi connectivity index (χ1v) is 6.69. The first kappa shape index (κ1) is 12.6. The Morgan fingerprint density at radius 2 is 2.00 bits per heavy atom. The molecule has 0 aromatic heterocycles. The molecule has 1 fully saturated rings. The van der Waals surface area contributed by atoms with Gasteiger partial charge in [0.05, 0.1) is 0 Å². The number of rotatable bonds is 3. The quantitative estimate of drug-likeness (QED) is 0.862. The maximum absolute atomic E-state index is 3.65. The lowest BCUT2D eigenvalue weighted by Crippen LogP contribution is -2.52. The molecule has 0 spiro atoms. The molecule has 0 unspecified atom stereocenters. The smallest absolute Gasteiger partial charge is 0.0449 e. The highest BCUT2D eigenvalue weighted by Crippen LogP contribution is 2.20. The lowest BCUT2D eigenvalue weighted by atomic mass is 10.0. The molecule has 94 valence electrons. The predicted molar refractivity (Wildman–Crippen MR) is 73.1 cm³/mol. The van der Waals surface area contributed by atoms with E-state index in [-0.39, 0.29) is 0 Å². The highest BCUT2D eigenvalue weighted by molar-refractivity contribution is 5.20. The van der Waals surface area contributed by atoms with Crippen molar-refractivity contribution >= 4 is 0 Å². The molecule has 1 aromatic rings. The average molecular weight is 232 g/mol. The van der Waals surface area contributed by atoms with Gasteiger partial charge in [0.1, 0.15) is 0 Å². The van der Waals surface area contributed by atoms with Crippen LogP contribution in [0, 0.1) is 5.92 Å². The molecule has 1 aliphatic rings. The number of nitrogens with one attached hydrogen (secondary N) is 1. The van der Waals surface area contributed by atoms with Crippen molar-refractivity contribution in [2.75, 3.05) is 19.6 Å². The fourth-order valence-corrected chi connectivity index (χ4v) is 2.55. The molecule has 0 radical (unpaired) electrons. The van der Waals surface area contributed by atoms with Crippen LogP contribution >= 0.6 is 0 Å². The van der Waals surface area contributed by atoms with Crippen molar-refractivity contribution in [2.45, 2.75) is 32.9 Å². The van der Waals surface area contributed by atoms with E-state index in [9.17, 15) is 0 Å². The van der Waals surface area contributed by atoms with E-state index in [0.29, 0.717) is 12.1 Å². The summed E-state index contributed by atoms with van der Waals surface area (Å²) in [6.45, 7) is 10.3. The Kier molecular flexibility index (Phi) is 4.19. The summed E-state index contributed by atoms with van der Waals surface area (Å²) in [5.41, 5.74) is 1.41. The van der Waals surface area contributed by atoms with Gasteiger partial charge >= 0.3 is 0 Å². The van der Waals surface area contributed by atoms with E-state index >= 15 is 0 Å². The van der Waals surface area contributed by atoms with Crippen LogP contribution in [0.2, 0.25) is 0 Å². The molecular weight excluding hydrogens is 208 g/mol. The number of piperazine rings is 1. The lowest BCUT2D eigenvalue weighted by Gasteiger charge is -2.39. The Morgan fingerprint density at radius 1 is 1.29 bits per heavy atom. The van der Waals surface area contributed by atoms with Crippen molar-refractivity contribution in [1.82, 2.24) is 10.2 Å². The molecule has 1 aromatic carbocycles. The molecule has 0 saturated carbocycles. The summed E-state index contributed by atoms with van der Waals surface area (Å²) in [6.07, 6.45) is 0. The number of nitrogens with zero attached hydrogens (tertiary/aromatic N) is 1. The molecule has 2 atom stereocenters. The summed E-state index contributed by atoms with van der Waals surface area (Å²) in [5.74, 6) is 0.743. The molecule has 2 rings (SSSR count). The number of hydrogen-bond acceptors (Lipinski definition) is 2. The largest absolute Gasteiger partial charge is 0.307 e. The Labute approximate surface area is 105 Å². The van der Waals surface area contributed by atoms with Crippen LogP contribution in [0.4, 0.5) is 0 Å². The van der Waals surface area contributed by atoms with Crippen LogP contribution in [-0.4, -0.2) is 30.6 Å². The van der Waals surface area contributed by atoms with Crippen molar-refractivity contribution < 1.29 is 0 Å². The predicted octanol–water partition coefficient (Wildman–Crippen LogP) is 2.68. The standard InChI is InChI=1S/C15H24N2/c1-12(2)10-17-11-15(16-9-13(17)3)14-7-5-4-6-8-14/h4-8,12-13,15-16H,9-11H2,1-3H3/t13-,15-/m1/s1. The third-order valence-electron chi connectivity index (χ3n) is 3.50. The minimum atomic E-state index is 0.492. The molecule has 0 amide bonds. The number of hydrogen-bond donors (Lipinski definition) is 1. The maximum Gasteiger partial charge on any atom is 0.0449 e. The van der Waals surface area contributed by atoms with Gasteiger partial charge in [-0.2, -0.15) is 0 Å². The summed E-state index contributed by atoms with van der Waals surface area (Å²) >= 11 is 0. The van der Waals surface area contributed by atoms with Gasteiger partial charge in [0.15, 0.2) is 0 Å². The topological polar surface area (TPSA) is 15.3 Å². The van der Waals surface area contributed by atoms with Crippen LogP contribution < -0.4 is 5.32 Å². The van der Waals surface area contributed by atoms with E-state index in [4.69, 9.17) is 0 Å². The Balaban J connectivity index is 2.02. The monoisotopic (exact) mass is 232 g/mol. The average Bonchev–Trinajstić information content (AvgIpc) is 2.32. The summed E-state index contributed by atoms with van der Waals surface area (Å²) in [4.78, 5) is 2.61. The van der Waals surface area contributed by atoms with Crippen LogP contribution in [-0.2, 0) is 0 Å². The van der Waals surface area contributed by atoms with E-state index in [1.165, 1.54) is 12.1 Å². The Hall–Kier alpha value is -0.860. The van der Waals surface area contributed by atoms with Gasteiger partial charge in [0, 0.05) is 31.7 Å². The molecule has 1 N–H and O–H groups in total. The van der Waals surface area contributed by atoms with Crippen LogP contribution in [0.3, 0.4) is 0 Å². The minimum Gasteiger partial charge on any atom is -0.307 e. The molecule has 1 heterocycles. The Morgan fingerprint density at radius 3 is 2.65 bits per heavy atom. The summed E-state index contributed by atoms with van der Waals surface area (Å²) < 4.78 is 0. The zero-order chi connectivity index (χ0) is 12.3. The first-order valence-electron chi connectivity index (χ1n) is 6.69. The fraction of sp³-hybridized carbons (Fsp3) is 0.600. The highest BCUT2D eigenvalue weighted by Gasteiger charge is 2.25. The molecular formula is C15H24N2. The van der Waals surface area contributed by atoms with E-state index in [0.717, 1.165) is 19.0 Å². The second kappa shape index (κ2) is 5.65. The van der Waals surface area contributed by atoms with Crippen molar-refractivity contribution in [3.8, 4) is 0 Å². The maximum atomic E-state index is 3.65. The van der Waals surface area contributed by atoms with Crippen LogP contribution in [0.1, 0.15) is 32.4 Å². The summed E-state index contributed by atoms with van der Waals surface area (Å²) in [7, 11) is 0. The van der Waals surface area contributed by atoms with Crippen molar-refractivity contribution in [3.63, 3.8) is 0 Å². The minimum absolute atomic E-state index is 0.492. The van der Waals surface area contributed by atoms with E-state index in [1.54, 1.807) is 0 Å². The zero-order valence-corrected chi connectivity index (χ0v) is 11.2. The summed E-state index contributed by atoms with van der Waals surface area (Å²) in [6, 6.07) is 11.9. The molecule has 1 saturated heterocycles. The van der Waals surface area contributed by atoms with Gasteiger partial charge in [-0.05, 0) is 18.4 Å². The normalized spacial score (nSPS) is 26.4. The number of benzene rings is 1. The van der Waals surface area contributed by atoms with Crippen LogP contribution in [0.15, 0.2) is 30.3 Å². The van der Waals surface area contributed by atoms with Crippen molar-refractivity contribution in [3.05, 3.63) is 35.9 Å². The second-order valence-electron chi connectivity index (χ2n) is 5.57. The SMILES string of the molecule is CC(C)CN1C[C@H](c2ccccc2)NC[C@H]1C. The van der Waals surface area contributed by atoms with Gasteiger partial charge in [0.25, 0.3) is 0 Å². The van der Waals surface area contributed by atoms with Crippen LogP contribution in [0.5, 0.6) is 0 Å². The van der Waals surface area contributed by atoms with Gasteiger partial charge in [0.2, 0.25) is 0 Å². The molecule has 1 aliphatic heterocycles. The lowest BCUT2D eigenvalue weighted by molar-refractivity contribution is 0.126. The molecule has 0 aliphatic carbocycles.